The number of amides is 1. The van der Waals surface area contributed by atoms with Crippen molar-refractivity contribution in [3.63, 3.8) is 0 Å². The molecule has 27 heavy (non-hydrogen) atoms. The maximum atomic E-state index is 12.7. The van der Waals surface area contributed by atoms with Gasteiger partial charge in [0, 0.05) is 23.7 Å². The number of hydrogen-bond acceptors (Lipinski definition) is 3. The van der Waals surface area contributed by atoms with E-state index < -0.39 is 10.0 Å². The lowest BCUT2D eigenvalue weighted by molar-refractivity contribution is 0.102. The van der Waals surface area contributed by atoms with Gasteiger partial charge >= 0.3 is 0 Å². The fraction of sp³-hybridized carbons (Fsp3) is 0.0500. The molecule has 0 aromatic heterocycles. The Morgan fingerprint density at radius 1 is 0.963 bits per heavy atom. The Morgan fingerprint density at radius 2 is 1.67 bits per heavy atom. The molecule has 0 saturated carbocycles. The van der Waals surface area contributed by atoms with Crippen LogP contribution >= 0.6 is 11.6 Å². The molecule has 7 heteroatoms. The van der Waals surface area contributed by atoms with Gasteiger partial charge < -0.3 is 5.32 Å². The molecule has 0 bridgehead atoms. The third-order valence-corrected chi connectivity index (χ3v) is 6.69. The maximum absolute atomic E-state index is 12.7. The average molecular weight is 399 g/mol. The molecular weight excluding hydrogens is 384 g/mol. The number of benzene rings is 3. The Kier molecular flexibility index (Phi) is 4.17. The Labute approximate surface area is 162 Å². The van der Waals surface area contributed by atoms with Gasteiger partial charge in [0.25, 0.3) is 15.9 Å². The van der Waals surface area contributed by atoms with Crippen molar-refractivity contribution in [2.75, 3.05) is 16.7 Å². The first kappa shape index (κ1) is 17.6. The van der Waals surface area contributed by atoms with Crippen LogP contribution in [0.1, 0.15) is 10.4 Å². The van der Waals surface area contributed by atoms with Crippen molar-refractivity contribution < 1.29 is 13.2 Å². The first-order valence-electron chi connectivity index (χ1n) is 8.18. The highest BCUT2D eigenvalue weighted by atomic mass is 35.5. The summed E-state index contributed by atoms with van der Waals surface area (Å²) < 4.78 is 26.6. The molecule has 0 radical (unpaired) electrons. The van der Waals surface area contributed by atoms with Gasteiger partial charge in [0.05, 0.1) is 21.3 Å². The predicted octanol–water partition coefficient (Wildman–Crippen LogP) is 4.40. The van der Waals surface area contributed by atoms with Crippen molar-refractivity contribution >= 4 is 38.9 Å². The van der Waals surface area contributed by atoms with E-state index in [1.54, 1.807) is 66.7 Å². The monoisotopic (exact) mass is 398 g/mol. The zero-order valence-corrected chi connectivity index (χ0v) is 15.9. The second-order valence-electron chi connectivity index (χ2n) is 6.13. The summed E-state index contributed by atoms with van der Waals surface area (Å²) in [4.78, 5) is 12.9. The predicted molar refractivity (Wildman–Crippen MR) is 107 cm³/mol. The largest absolute Gasteiger partial charge is 0.321 e. The van der Waals surface area contributed by atoms with Gasteiger partial charge in [-0.2, -0.15) is 0 Å². The SMILES string of the molecule is CN1c2ccc(C(=O)Nc3ccccc3Cl)cc2-c2ccccc2S1(=O)=O. The van der Waals surface area contributed by atoms with Gasteiger partial charge in [0.2, 0.25) is 0 Å². The van der Waals surface area contributed by atoms with Crippen LogP contribution in [0, 0.1) is 0 Å². The summed E-state index contributed by atoms with van der Waals surface area (Å²) in [6, 6.07) is 18.7. The number of halogens is 1. The van der Waals surface area contributed by atoms with E-state index in [4.69, 9.17) is 11.6 Å². The van der Waals surface area contributed by atoms with Crippen LogP contribution in [0.3, 0.4) is 0 Å². The molecule has 4 rings (SSSR count). The van der Waals surface area contributed by atoms with E-state index in [-0.39, 0.29) is 10.8 Å². The van der Waals surface area contributed by atoms with Gasteiger partial charge in [-0.3, -0.25) is 9.10 Å². The first-order valence-corrected chi connectivity index (χ1v) is 9.99. The van der Waals surface area contributed by atoms with Crippen LogP contribution in [-0.4, -0.2) is 21.4 Å². The third-order valence-electron chi connectivity index (χ3n) is 4.54. The highest BCUT2D eigenvalue weighted by molar-refractivity contribution is 7.93. The van der Waals surface area contributed by atoms with Crippen molar-refractivity contribution in [2.45, 2.75) is 4.90 Å². The number of rotatable bonds is 2. The minimum absolute atomic E-state index is 0.226. The molecule has 1 amide bonds. The molecule has 0 spiro atoms. The van der Waals surface area contributed by atoms with Crippen LogP contribution < -0.4 is 9.62 Å². The number of para-hydroxylation sites is 1. The molecule has 1 heterocycles. The molecule has 136 valence electrons. The summed E-state index contributed by atoms with van der Waals surface area (Å²) in [5, 5.41) is 3.23. The molecule has 1 aliphatic rings. The molecule has 1 aliphatic heterocycles. The maximum Gasteiger partial charge on any atom is 0.264 e. The van der Waals surface area contributed by atoms with E-state index in [0.29, 0.717) is 33.1 Å². The first-order chi connectivity index (χ1) is 12.9. The number of carbonyl (C=O) groups is 1. The summed E-state index contributed by atoms with van der Waals surface area (Å²) >= 11 is 6.10. The fourth-order valence-electron chi connectivity index (χ4n) is 3.12. The van der Waals surface area contributed by atoms with E-state index in [9.17, 15) is 13.2 Å². The standard InChI is InChI=1S/C20H15ClN2O3S/c1-23-18-11-10-13(20(24)22-17-8-4-3-7-16(17)21)12-15(18)14-6-2-5-9-19(14)27(23,25)26/h2-12H,1H3,(H,22,24). The van der Waals surface area contributed by atoms with Crippen LogP contribution in [0.5, 0.6) is 0 Å². The fourth-order valence-corrected chi connectivity index (χ4v) is 4.72. The summed E-state index contributed by atoms with van der Waals surface area (Å²) in [6.45, 7) is 0. The number of hydrogen-bond donors (Lipinski definition) is 1. The Bertz CT molecular complexity index is 1180. The minimum Gasteiger partial charge on any atom is -0.321 e. The molecule has 3 aromatic rings. The Hall–Kier alpha value is -2.83. The molecule has 3 aromatic carbocycles. The molecule has 0 aliphatic carbocycles. The number of sulfonamides is 1. The van der Waals surface area contributed by atoms with Gasteiger partial charge in [-0.05, 0) is 36.4 Å². The van der Waals surface area contributed by atoms with Crippen LogP contribution in [0.15, 0.2) is 71.6 Å². The number of nitrogens with zero attached hydrogens (tertiary/aromatic N) is 1. The summed E-state index contributed by atoms with van der Waals surface area (Å²) in [7, 11) is -2.10. The molecule has 5 nitrogen and oxygen atoms in total. The van der Waals surface area contributed by atoms with E-state index in [2.05, 4.69) is 5.32 Å². The van der Waals surface area contributed by atoms with Crippen LogP contribution in [0.4, 0.5) is 11.4 Å². The van der Waals surface area contributed by atoms with Crippen LogP contribution in [0.2, 0.25) is 5.02 Å². The van der Waals surface area contributed by atoms with Crippen molar-refractivity contribution in [3.05, 3.63) is 77.3 Å². The van der Waals surface area contributed by atoms with E-state index >= 15 is 0 Å². The van der Waals surface area contributed by atoms with Crippen LogP contribution in [0.25, 0.3) is 11.1 Å². The van der Waals surface area contributed by atoms with E-state index in [1.165, 1.54) is 11.4 Å². The molecule has 0 unspecified atom stereocenters. The van der Waals surface area contributed by atoms with Crippen molar-refractivity contribution in [1.29, 1.82) is 0 Å². The third kappa shape index (κ3) is 2.87. The zero-order valence-electron chi connectivity index (χ0n) is 14.3. The van der Waals surface area contributed by atoms with Gasteiger partial charge in [-0.1, -0.05) is 41.9 Å². The average Bonchev–Trinajstić information content (AvgIpc) is 2.68. The lowest BCUT2D eigenvalue weighted by atomic mass is 10.00. The quantitative estimate of drug-likeness (QED) is 0.695. The second kappa shape index (κ2) is 6.40. The summed E-state index contributed by atoms with van der Waals surface area (Å²) in [5.41, 5.74) is 2.73. The Morgan fingerprint density at radius 3 is 2.44 bits per heavy atom. The number of fused-ring (bicyclic) bond motifs is 3. The van der Waals surface area contributed by atoms with Crippen molar-refractivity contribution in [2.24, 2.45) is 0 Å². The lowest BCUT2D eigenvalue weighted by Crippen LogP contribution is -2.30. The molecular formula is C20H15ClN2O3S. The highest BCUT2D eigenvalue weighted by Crippen LogP contribution is 2.42. The van der Waals surface area contributed by atoms with Gasteiger partial charge in [-0.15, -0.1) is 0 Å². The minimum atomic E-state index is -3.61. The van der Waals surface area contributed by atoms with Crippen molar-refractivity contribution in [1.82, 2.24) is 0 Å². The number of carbonyl (C=O) groups excluding carboxylic acids is 1. The summed E-state index contributed by atoms with van der Waals surface area (Å²) in [6.07, 6.45) is 0. The van der Waals surface area contributed by atoms with E-state index in [0.717, 1.165) is 0 Å². The lowest BCUT2D eigenvalue weighted by Gasteiger charge is -2.29. The summed E-state index contributed by atoms with van der Waals surface area (Å²) in [5.74, 6) is -0.320. The second-order valence-corrected chi connectivity index (χ2v) is 8.48. The van der Waals surface area contributed by atoms with E-state index in [1.807, 2.05) is 0 Å². The topological polar surface area (TPSA) is 66.5 Å². The molecule has 0 fully saturated rings. The highest BCUT2D eigenvalue weighted by Gasteiger charge is 2.32. The number of nitrogens with one attached hydrogen (secondary N) is 1. The van der Waals surface area contributed by atoms with Gasteiger partial charge in [0.1, 0.15) is 0 Å². The molecule has 1 N–H and O–H groups in total. The zero-order chi connectivity index (χ0) is 19.2. The van der Waals surface area contributed by atoms with Gasteiger partial charge in [0.15, 0.2) is 0 Å². The van der Waals surface area contributed by atoms with Gasteiger partial charge in [-0.25, -0.2) is 8.42 Å². The van der Waals surface area contributed by atoms with Crippen molar-refractivity contribution in [3.8, 4) is 11.1 Å². The molecule has 0 saturated heterocycles. The normalized spacial score (nSPS) is 14.2. The smallest absolute Gasteiger partial charge is 0.264 e. The molecule has 0 atom stereocenters. The Balaban J connectivity index is 1.79. The number of anilines is 2. The van der Waals surface area contributed by atoms with Crippen LogP contribution in [-0.2, 0) is 10.0 Å².